The molecule has 37 heavy (non-hydrogen) atoms. The lowest BCUT2D eigenvalue weighted by molar-refractivity contribution is 0.0965. The minimum absolute atomic E-state index is 0.00371. The molecule has 2 heterocycles. The van der Waals surface area contributed by atoms with Crippen LogP contribution in [0.25, 0.3) is 16.8 Å². The summed E-state index contributed by atoms with van der Waals surface area (Å²) in [6.07, 6.45) is 1.94. The molecule has 188 valence electrons. The molecule has 1 aliphatic heterocycles. The van der Waals surface area contributed by atoms with E-state index < -0.39 is 5.91 Å². The number of carbonyl (C=O) groups excluding carboxylic acids is 2. The highest BCUT2D eigenvalue weighted by Crippen LogP contribution is 2.30. The van der Waals surface area contributed by atoms with Crippen LogP contribution < -0.4 is 11.1 Å². The maximum atomic E-state index is 13.4. The predicted octanol–water partition coefficient (Wildman–Crippen LogP) is 4.51. The van der Waals surface area contributed by atoms with Gasteiger partial charge in [0.25, 0.3) is 0 Å². The number of nitrogens with one attached hydrogen (secondary N) is 1. The Balaban J connectivity index is 1.38. The molecule has 0 radical (unpaired) electrons. The molecule has 1 amide bonds. The molecule has 0 spiro atoms. The normalized spacial score (nSPS) is 15.4. The van der Waals surface area contributed by atoms with Crippen LogP contribution in [0.4, 0.5) is 0 Å². The largest absolute Gasteiger partial charge is 0.366 e. The van der Waals surface area contributed by atoms with Gasteiger partial charge in [-0.3, -0.25) is 14.2 Å². The number of ketones is 1. The lowest BCUT2D eigenvalue weighted by Gasteiger charge is -2.18. The summed E-state index contributed by atoms with van der Waals surface area (Å²) in [6, 6.07) is 23.8. The first-order valence-corrected chi connectivity index (χ1v) is 12.5. The fourth-order valence-corrected chi connectivity index (χ4v) is 4.86. The number of hydrogen-bond acceptors (Lipinski definition) is 5. The zero-order chi connectivity index (χ0) is 25.9. The molecule has 1 atom stereocenters. The van der Waals surface area contributed by atoms with Crippen LogP contribution in [0.2, 0.25) is 0 Å². The van der Waals surface area contributed by atoms with Crippen molar-refractivity contribution in [3.05, 3.63) is 107 Å². The third-order valence-electron chi connectivity index (χ3n) is 7.04. The van der Waals surface area contributed by atoms with Crippen LogP contribution in [0, 0.1) is 0 Å². The average Bonchev–Trinajstić information content (AvgIpc) is 3.28. The molecule has 1 aromatic heterocycles. The van der Waals surface area contributed by atoms with E-state index in [0.29, 0.717) is 35.6 Å². The van der Waals surface area contributed by atoms with Crippen LogP contribution in [-0.4, -0.2) is 39.7 Å². The molecule has 0 saturated carbocycles. The van der Waals surface area contributed by atoms with Crippen LogP contribution >= 0.6 is 0 Å². The highest BCUT2D eigenvalue weighted by molar-refractivity contribution is 5.97. The summed E-state index contributed by atoms with van der Waals surface area (Å²) in [7, 11) is 2.12. The van der Waals surface area contributed by atoms with E-state index in [1.54, 1.807) is 29.1 Å². The molecule has 0 bridgehead atoms. The van der Waals surface area contributed by atoms with Gasteiger partial charge in [-0.25, -0.2) is 4.98 Å². The standard InChI is InChI=1S/C30H31N5O2/c1-3-34(2)18-23-7-4-5-10-25(23)20-11-13-21(14-12-20)26-16-28(36)29-27(17-32-26)33-19-35(29)24-9-6-8-22(15-24)30(31)37/h4-15,19,26,32H,3,16-18H2,1-2H3,(H2,31,37). The number of nitrogens with two attached hydrogens (primary N) is 1. The van der Waals surface area contributed by atoms with Crippen LogP contribution in [-0.2, 0) is 13.1 Å². The van der Waals surface area contributed by atoms with E-state index in [9.17, 15) is 9.59 Å². The third-order valence-corrected chi connectivity index (χ3v) is 7.04. The summed E-state index contributed by atoms with van der Waals surface area (Å²) in [5, 5.41) is 3.51. The number of fused-ring (bicyclic) bond motifs is 1. The van der Waals surface area contributed by atoms with Gasteiger partial charge < -0.3 is 16.0 Å². The number of amides is 1. The number of aromatic nitrogens is 2. The molecule has 0 saturated heterocycles. The molecule has 0 aliphatic carbocycles. The third kappa shape index (κ3) is 5.09. The van der Waals surface area contributed by atoms with Crippen LogP contribution in [0.1, 0.15) is 57.1 Å². The molecule has 4 aromatic rings. The number of primary amides is 1. The Morgan fingerprint density at radius 2 is 1.89 bits per heavy atom. The number of nitrogens with zero attached hydrogens (tertiary/aromatic N) is 3. The van der Waals surface area contributed by atoms with E-state index in [0.717, 1.165) is 24.2 Å². The number of Topliss-reactive ketones (excluding diaryl/α,β-unsaturated/α-hetero) is 1. The summed E-state index contributed by atoms with van der Waals surface area (Å²) in [5.74, 6) is -0.506. The fourth-order valence-electron chi connectivity index (χ4n) is 4.86. The smallest absolute Gasteiger partial charge is 0.248 e. The Hall–Kier alpha value is -4.07. The molecule has 1 unspecified atom stereocenters. The Morgan fingerprint density at radius 1 is 1.11 bits per heavy atom. The quantitative estimate of drug-likeness (QED) is 0.395. The summed E-state index contributed by atoms with van der Waals surface area (Å²) in [6.45, 7) is 4.52. The van der Waals surface area contributed by atoms with E-state index in [2.05, 4.69) is 77.7 Å². The van der Waals surface area contributed by atoms with Crippen LogP contribution in [0.15, 0.2) is 79.1 Å². The van der Waals surface area contributed by atoms with Crippen molar-refractivity contribution >= 4 is 11.7 Å². The molecule has 7 heteroatoms. The van der Waals surface area contributed by atoms with E-state index in [1.165, 1.54) is 11.1 Å². The first-order chi connectivity index (χ1) is 17.9. The van der Waals surface area contributed by atoms with Gasteiger partial charge in [0.15, 0.2) is 5.78 Å². The van der Waals surface area contributed by atoms with E-state index in [-0.39, 0.29) is 11.8 Å². The second-order valence-corrected chi connectivity index (χ2v) is 9.49. The van der Waals surface area contributed by atoms with Crippen molar-refractivity contribution in [2.45, 2.75) is 32.5 Å². The molecule has 1 aliphatic rings. The average molecular weight is 494 g/mol. The molecular weight excluding hydrogens is 462 g/mol. The first kappa shape index (κ1) is 24.6. The minimum Gasteiger partial charge on any atom is -0.366 e. The van der Waals surface area contributed by atoms with Gasteiger partial charge in [-0.05, 0) is 54.0 Å². The monoisotopic (exact) mass is 493 g/mol. The van der Waals surface area contributed by atoms with Crippen LogP contribution in [0.3, 0.4) is 0 Å². The Bertz CT molecular complexity index is 1440. The number of carbonyl (C=O) groups is 2. The van der Waals surface area contributed by atoms with Gasteiger partial charge in [-0.15, -0.1) is 0 Å². The van der Waals surface area contributed by atoms with Crippen LogP contribution in [0.5, 0.6) is 0 Å². The van der Waals surface area contributed by atoms with Crippen molar-refractivity contribution in [1.29, 1.82) is 0 Å². The SMILES string of the molecule is CCN(C)Cc1ccccc1-c1ccc(C2CC(=O)c3c(ncn3-c3cccc(C(N)=O)c3)CN2)cc1. The highest BCUT2D eigenvalue weighted by atomic mass is 16.1. The van der Waals surface area contributed by atoms with Gasteiger partial charge in [0, 0.05) is 36.8 Å². The van der Waals surface area contributed by atoms with Gasteiger partial charge in [-0.1, -0.05) is 61.5 Å². The lowest BCUT2D eigenvalue weighted by Crippen LogP contribution is -2.20. The second kappa shape index (κ2) is 10.5. The van der Waals surface area contributed by atoms with Crippen molar-refractivity contribution in [3.63, 3.8) is 0 Å². The zero-order valence-corrected chi connectivity index (χ0v) is 21.1. The number of imidazole rings is 1. The van der Waals surface area contributed by atoms with Crippen molar-refractivity contribution in [2.24, 2.45) is 5.73 Å². The molecule has 3 N–H and O–H groups in total. The highest BCUT2D eigenvalue weighted by Gasteiger charge is 2.28. The van der Waals surface area contributed by atoms with E-state index in [4.69, 9.17) is 5.73 Å². The van der Waals surface area contributed by atoms with E-state index in [1.807, 2.05) is 6.07 Å². The van der Waals surface area contributed by atoms with Crippen molar-refractivity contribution in [3.8, 4) is 16.8 Å². The minimum atomic E-state index is -0.510. The summed E-state index contributed by atoms with van der Waals surface area (Å²) < 4.78 is 1.75. The van der Waals surface area contributed by atoms with Crippen molar-refractivity contribution in [2.75, 3.05) is 13.6 Å². The van der Waals surface area contributed by atoms with Gasteiger partial charge in [0.1, 0.15) is 12.0 Å². The number of hydrogen-bond donors (Lipinski definition) is 2. The van der Waals surface area contributed by atoms with Gasteiger partial charge in [0.05, 0.1) is 5.69 Å². The Kier molecular flexibility index (Phi) is 6.99. The maximum absolute atomic E-state index is 13.4. The molecule has 7 nitrogen and oxygen atoms in total. The van der Waals surface area contributed by atoms with Gasteiger partial charge >= 0.3 is 0 Å². The molecular formula is C30H31N5O2. The van der Waals surface area contributed by atoms with Gasteiger partial charge in [-0.2, -0.15) is 0 Å². The molecule has 5 rings (SSSR count). The summed E-state index contributed by atoms with van der Waals surface area (Å²) in [5.41, 5.74) is 12.5. The first-order valence-electron chi connectivity index (χ1n) is 12.5. The van der Waals surface area contributed by atoms with E-state index >= 15 is 0 Å². The van der Waals surface area contributed by atoms with Crippen molar-refractivity contribution in [1.82, 2.24) is 19.8 Å². The molecule has 0 fully saturated rings. The topological polar surface area (TPSA) is 93.2 Å². The fraction of sp³-hybridized carbons (Fsp3) is 0.233. The second-order valence-electron chi connectivity index (χ2n) is 9.49. The summed E-state index contributed by atoms with van der Waals surface area (Å²) in [4.78, 5) is 31.9. The predicted molar refractivity (Wildman–Crippen MR) is 144 cm³/mol. The zero-order valence-electron chi connectivity index (χ0n) is 21.1. The Morgan fingerprint density at radius 3 is 2.65 bits per heavy atom. The molecule has 3 aromatic carbocycles. The van der Waals surface area contributed by atoms with Gasteiger partial charge in [0.2, 0.25) is 5.91 Å². The number of rotatable bonds is 7. The lowest BCUT2D eigenvalue weighted by atomic mass is 9.95. The number of benzene rings is 3. The maximum Gasteiger partial charge on any atom is 0.248 e. The Labute approximate surface area is 216 Å². The summed E-state index contributed by atoms with van der Waals surface area (Å²) >= 11 is 0. The van der Waals surface area contributed by atoms with Crippen molar-refractivity contribution < 1.29 is 9.59 Å².